The highest BCUT2D eigenvalue weighted by atomic mass is 15.3. The molecule has 0 aliphatic heterocycles. The lowest BCUT2D eigenvalue weighted by molar-refractivity contribution is 0.267. The van der Waals surface area contributed by atoms with Crippen molar-refractivity contribution in [3.8, 4) is 0 Å². The second kappa shape index (κ2) is 6.95. The van der Waals surface area contributed by atoms with Crippen molar-refractivity contribution in [1.82, 2.24) is 15.1 Å². The third kappa shape index (κ3) is 3.68. The number of nitrogens with zero attached hydrogens (tertiary/aromatic N) is 2. The van der Waals surface area contributed by atoms with Gasteiger partial charge in [-0.15, -0.1) is 0 Å². The fourth-order valence-electron chi connectivity index (χ4n) is 4.26. The van der Waals surface area contributed by atoms with Crippen LogP contribution in [0.3, 0.4) is 0 Å². The summed E-state index contributed by atoms with van der Waals surface area (Å²) in [6.45, 7) is 4.45. The molecule has 118 valence electrons. The Balaban J connectivity index is 1.48. The summed E-state index contributed by atoms with van der Waals surface area (Å²) in [5, 5.41) is 8.48. The number of rotatable bonds is 6. The second-order valence-corrected chi connectivity index (χ2v) is 7.24. The van der Waals surface area contributed by atoms with E-state index in [9.17, 15) is 0 Å². The summed E-state index contributed by atoms with van der Waals surface area (Å²) in [5.41, 5.74) is 1.79. The molecular weight excluding hydrogens is 258 g/mol. The monoisotopic (exact) mass is 289 g/mol. The van der Waals surface area contributed by atoms with E-state index in [2.05, 4.69) is 29.2 Å². The van der Waals surface area contributed by atoms with Gasteiger partial charge >= 0.3 is 0 Å². The summed E-state index contributed by atoms with van der Waals surface area (Å²) < 4.78 is 2.22. The summed E-state index contributed by atoms with van der Waals surface area (Å²) in [6.07, 6.45) is 16.0. The summed E-state index contributed by atoms with van der Waals surface area (Å²) in [4.78, 5) is 0. The van der Waals surface area contributed by atoms with Gasteiger partial charge in [0, 0.05) is 19.3 Å². The normalized spacial score (nSPS) is 22.7. The van der Waals surface area contributed by atoms with Gasteiger partial charge in [-0.05, 0) is 43.6 Å². The van der Waals surface area contributed by atoms with Crippen LogP contribution in [0, 0.1) is 5.41 Å². The molecule has 3 rings (SSSR count). The number of aromatic nitrogens is 2. The number of hydrogen-bond donors (Lipinski definition) is 1. The SMILES string of the molecule is CCC1(CNCc2ccn(C3CCCCC3)n2)CCCC1. The highest BCUT2D eigenvalue weighted by molar-refractivity contribution is 5.00. The van der Waals surface area contributed by atoms with Gasteiger partial charge in [0.25, 0.3) is 0 Å². The van der Waals surface area contributed by atoms with Crippen LogP contribution in [-0.4, -0.2) is 16.3 Å². The van der Waals surface area contributed by atoms with E-state index in [4.69, 9.17) is 5.10 Å². The van der Waals surface area contributed by atoms with Crippen LogP contribution in [0.2, 0.25) is 0 Å². The smallest absolute Gasteiger partial charge is 0.0762 e. The first-order chi connectivity index (χ1) is 10.3. The van der Waals surface area contributed by atoms with Gasteiger partial charge in [0.1, 0.15) is 0 Å². The van der Waals surface area contributed by atoms with Crippen molar-refractivity contribution in [3.63, 3.8) is 0 Å². The van der Waals surface area contributed by atoms with Crippen molar-refractivity contribution in [2.24, 2.45) is 5.41 Å². The average molecular weight is 289 g/mol. The maximum atomic E-state index is 4.80. The van der Waals surface area contributed by atoms with Gasteiger partial charge in [-0.2, -0.15) is 5.10 Å². The van der Waals surface area contributed by atoms with Gasteiger partial charge < -0.3 is 5.32 Å². The zero-order valence-corrected chi connectivity index (χ0v) is 13.6. The molecule has 1 aromatic rings. The molecule has 0 radical (unpaired) electrons. The van der Waals surface area contributed by atoms with Crippen molar-refractivity contribution in [3.05, 3.63) is 18.0 Å². The Labute approximate surface area is 129 Å². The zero-order valence-electron chi connectivity index (χ0n) is 13.6. The molecule has 0 saturated heterocycles. The molecule has 1 heterocycles. The van der Waals surface area contributed by atoms with Gasteiger partial charge in [-0.1, -0.05) is 39.0 Å². The minimum absolute atomic E-state index is 0.575. The van der Waals surface area contributed by atoms with E-state index in [1.165, 1.54) is 76.4 Å². The minimum Gasteiger partial charge on any atom is -0.311 e. The number of hydrogen-bond acceptors (Lipinski definition) is 2. The van der Waals surface area contributed by atoms with Crippen LogP contribution in [0.5, 0.6) is 0 Å². The highest BCUT2D eigenvalue weighted by Crippen LogP contribution is 2.40. The molecule has 0 bridgehead atoms. The summed E-state index contributed by atoms with van der Waals surface area (Å²) in [7, 11) is 0. The average Bonchev–Trinajstić information content (AvgIpc) is 3.18. The largest absolute Gasteiger partial charge is 0.311 e. The fraction of sp³-hybridized carbons (Fsp3) is 0.833. The predicted molar refractivity (Wildman–Crippen MR) is 87.2 cm³/mol. The van der Waals surface area contributed by atoms with Crippen LogP contribution in [0.25, 0.3) is 0 Å². The Morgan fingerprint density at radius 2 is 1.95 bits per heavy atom. The molecule has 3 nitrogen and oxygen atoms in total. The molecular formula is C18H31N3. The van der Waals surface area contributed by atoms with Crippen molar-refractivity contribution in [2.45, 2.75) is 83.7 Å². The third-order valence-electron chi connectivity index (χ3n) is 5.83. The van der Waals surface area contributed by atoms with E-state index in [1.807, 2.05) is 0 Å². The van der Waals surface area contributed by atoms with Gasteiger partial charge in [-0.3, -0.25) is 4.68 Å². The topological polar surface area (TPSA) is 29.9 Å². The first kappa shape index (κ1) is 15.1. The molecule has 21 heavy (non-hydrogen) atoms. The van der Waals surface area contributed by atoms with Crippen LogP contribution in [-0.2, 0) is 6.54 Å². The molecule has 0 aromatic carbocycles. The molecule has 2 aliphatic carbocycles. The minimum atomic E-state index is 0.575. The summed E-state index contributed by atoms with van der Waals surface area (Å²) in [6, 6.07) is 2.86. The molecule has 2 aliphatic rings. The Morgan fingerprint density at radius 1 is 1.19 bits per heavy atom. The number of nitrogens with one attached hydrogen (secondary N) is 1. The van der Waals surface area contributed by atoms with Crippen LogP contribution in [0.15, 0.2) is 12.3 Å². The molecule has 0 unspecified atom stereocenters. The van der Waals surface area contributed by atoms with Gasteiger partial charge in [0.05, 0.1) is 11.7 Å². The summed E-state index contributed by atoms with van der Waals surface area (Å²) in [5.74, 6) is 0. The van der Waals surface area contributed by atoms with E-state index in [1.54, 1.807) is 0 Å². The van der Waals surface area contributed by atoms with E-state index < -0.39 is 0 Å². The van der Waals surface area contributed by atoms with Crippen molar-refractivity contribution in [2.75, 3.05) is 6.54 Å². The van der Waals surface area contributed by atoms with E-state index >= 15 is 0 Å². The third-order valence-corrected chi connectivity index (χ3v) is 5.83. The van der Waals surface area contributed by atoms with Crippen LogP contribution >= 0.6 is 0 Å². The van der Waals surface area contributed by atoms with Crippen molar-refractivity contribution < 1.29 is 0 Å². The van der Waals surface area contributed by atoms with Gasteiger partial charge in [0.2, 0.25) is 0 Å². The molecule has 2 fully saturated rings. The lowest BCUT2D eigenvalue weighted by atomic mass is 9.83. The Bertz CT molecular complexity index is 425. The standard InChI is InChI=1S/C18H31N3/c1-2-18(11-6-7-12-18)15-19-14-16-10-13-21(20-16)17-8-4-3-5-9-17/h10,13,17,19H,2-9,11-12,14-15H2,1H3. The summed E-state index contributed by atoms with van der Waals surface area (Å²) >= 11 is 0. The van der Waals surface area contributed by atoms with E-state index in [0.717, 1.165) is 6.54 Å². The molecule has 1 aromatic heterocycles. The van der Waals surface area contributed by atoms with E-state index in [0.29, 0.717) is 11.5 Å². The van der Waals surface area contributed by atoms with Crippen molar-refractivity contribution >= 4 is 0 Å². The molecule has 3 heteroatoms. The quantitative estimate of drug-likeness (QED) is 0.838. The predicted octanol–water partition coefficient (Wildman–Crippen LogP) is 4.45. The maximum absolute atomic E-state index is 4.80. The molecule has 0 spiro atoms. The Morgan fingerprint density at radius 3 is 2.67 bits per heavy atom. The van der Waals surface area contributed by atoms with Crippen LogP contribution in [0.1, 0.15) is 82.9 Å². The zero-order chi connectivity index (χ0) is 14.5. The molecule has 2 saturated carbocycles. The second-order valence-electron chi connectivity index (χ2n) is 7.24. The lowest BCUT2D eigenvalue weighted by Gasteiger charge is -2.27. The first-order valence-electron chi connectivity index (χ1n) is 9.06. The van der Waals surface area contributed by atoms with Crippen LogP contribution in [0.4, 0.5) is 0 Å². The first-order valence-corrected chi connectivity index (χ1v) is 9.06. The molecule has 1 N–H and O–H groups in total. The molecule has 0 amide bonds. The van der Waals surface area contributed by atoms with Crippen molar-refractivity contribution in [1.29, 1.82) is 0 Å². The Hall–Kier alpha value is -0.830. The Kier molecular flexibility index (Phi) is 4.99. The van der Waals surface area contributed by atoms with E-state index in [-0.39, 0.29) is 0 Å². The van der Waals surface area contributed by atoms with Gasteiger partial charge in [-0.25, -0.2) is 0 Å². The van der Waals surface area contributed by atoms with Crippen LogP contribution < -0.4 is 5.32 Å². The highest BCUT2D eigenvalue weighted by Gasteiger charge is 2.31. The maximum Gasteiger partial charge on any atom is 0.0762 e. The molecule has 0 atom stereocenters. The van der Waals surface area contributed by atoms with Gasteiger partial charge in [0.15, 0.2) is 0 Å². The lowest BCUT2D eigenvalue weighted by Crippen LogP contribution is -2.31. The fourth-order valence-corrected chi connectivity index (χ4v) is 4.26.